The number of hydrogen-bond donors (Lipinski definition) is 4. The summed E-state index contributed by atoms with van der Waals surface area (Å²) in [6.45, 7) is 6.41. The van der Waals surface area contributed by atoms with Crippen LogP contribution < -0.4 is 20.7 Å². The summed E-state index contributed by atoms with van der Waals surface area (Å²) in [4.78, 5) is 70.1. The van der Waals surface area contributed by atoms with Crippen molar-refractivity contribution < 1.29 is 33.8 Å². The highest BCUT2D eigenvalue weighted by atomic mass is 32.1. The Balaban J connectivity index is 0.911. The molecule has 3 aliphatic rings. The molecule has 3 atom stereocenters. The van der Waals surface area contributed by atoms with Crippen LogP contribution in [0.3, 0.4) is 0 Å². The third kappa shape index (κ3) is 7.33. The smallest absolute Gasteiger partial charge is 0.266 e. The summed E-state index contributed by atoms with van der Waals surface area (Å²) in [5.41, 5.74) is 4.27. The van der Waals surface area contributed by atoms with Crippen LogP contribution in [0.5, 0.6) is 5.75 Å². The van der Waals surface area contributed by atoms with Gasteiger partial charge in [-0.05, 0) is 76.4 Å². The fourth-order valence-electron chi connectivity index (χ4n) is 7.09. The van der Waals surface area contributed by atoms with Gasteiger partial charge in [-0.25, -0.2) is 0 Å². The highest BCUT2D eigenvalue weighted by Gasteiger charge is 2.46. The number of nitrogens with one attached hydrogen (secondary N) is 3. The van der Waals surface area contributed by atoms with Gasteiger partial charge in [-0.1, -0.05) is 18.2 Å². The molecule has 288 valence electrons. The molecule has 16 nitrogen and oxygen atoms in total. The van der Waals surface area contributed by atoms with Crippen molar-refractivity contribution in [3.63, 3.8) is 0 Å². The first-order valence-corrected chi connectivity index (χ1v) is 19.0. The molecule has 0 bridgehead atoms. The van der Waals surface area contributed by atoms with Gasteiger partial charge in [-0.3, -0.25) is 49.1 Å². The maximum atomic E-state index is 13.3. The summed E-state index contributed by atoms with van der Waals surface area (Å²) >= 11 is 1.64. The highest BCUT2D eigenvalue weighted by molar-refractivity contribution is 7.15. The van der Waals surface area contributed by atoms with Gasteiger partial charge in [-0.15, -0.1) is 21.5 Å². The Hall–Kier alpha value is -6.09. The van der Waals surface area contributed by atoms with E-state index in [4.69, 9.17) is 9.73 Å². The number of aromatic nitrogens is 3. The van der Waals surface area contributed by atoms with E-state index in [0.717, 1.165) is 37.2 Å². The number of piperidine rings is 1. The van der Waals surface area contributed by atoms with Crippen molar-refractivity contribution in [3.05, 3.63) is 92.4 Å². The van der Waals surface area contributed by atoms with Crippen LogP contribution in [0.4, 0.5) is 0 Å². The van der Waals surface area contributed by atoms with E-state index in [1.54, 1.807) is 23.5 Å². The number of carbonyl (C=O) groups excluding carboxylic acids is 5. The van der Waals surface area contributed by atoms with Gasteiger partial charge in [0.1, 0.15) is 34.9 Å². The molecular weight excluding hydrogens is 739 g/mol. The largest absolute Gasteiger partial charge is 0.483 e. The van der Waals surface area contributed by atoms with Crippen LogP contribution in [0.15, 0.2) is 47.5 Å². The molecule has 3 aliphatic heterocycles. The van der Waals surface area contributed by atoms with Crippen molar-refractivity contribution in [1.82, 2.24) is 35.6 Å². The van der Waals surface area contributed by atoms with E-state index in [-0.39, 0.29) is 36.1 Å². The molecule has 7 rings (SSSR count). The summed E-state index contributed by atoms with van der Waals surface area (Å²) in [6.07, 6.45) is 0.556. The monoisotopic (exact) mass is 777 g/mol. The first-order chi connectivity index (χ1) is 27.0. The number of aliphatic hydroxyl groups excluding tert-OH is 1. The van der Waals surface area contributed by atoms with E-state index in [1.807, 2.05) is 23.6 Å². The van der Waals surface area contributed by atoms with Crippen LogP contribution in [0, 0.1) is 32.1 Å². The number of unbranched alkanes of at least 4 members (excludes halogenated alkanes) is 1. The second-order valence-corrected chi connectivity index (χ2v) is 15.0. The Bertz CT molecular complexity index is 2320. The Morgan fingerprint density at radius 3 is 2.57 bits per heavy atom. The zero-order chi connectivity index (χ0) is 39.7. The summed E-state index contributed by atoms with van der Waals surface area (Å²) in [5, 5.41) is 38.4. The molecule has 1 saturated heterocycles. The van der Waals surface area contributed by atoms with Crippen LogP contribution >= 0.6 is 11.3 Å². The zero-order valence-corrected chi connectivity index (χ0v) is 31.7. The molecule has 2 aromatic heterocycles. The molecule has 5 amide bonds. The van der Waals surface area contributed by atoms with Gasteiger partial charge in [-0.2, -0.15) is 5.26 Å². The van der Waals surface area contributed by atoms with Crippen LogP contribution in [0.25, 0.3) is 5.00 Å². The molecule has 2 unspecified atom stereocenters. The molecule has 0 aliphatic carbocycles. The molecule has 2 aromatic carbocycles. The Morgan fingerprint density at radius 1 is 1.05 bits per heavy atom. The minimum absolute atomic E-state index is 0.00324. The number of imide groups is 2. The van der Waals surface area contributed by atoms with Crippen molar-refractivity contribution in [2.24, 2.45) is 4.99 Å². The highest BCUT2D eigenvalue weighted by Crippen LogP contribution is 2.40. The minimum Gasteiger partial charge on any atom is -0.483 e. The summed E-state index contributed by atoms with van der Waals surface area (Å²) in [5.74, 6) is -1.61. The number of aliphatic imine (C=N–C) groups is 1. The van der Waals surface area contributed by atoms with Gasteiger partial charge < -0.3 is 15.2 Å². The number of nitriles is 1. The predicted octanol–water partition coefficient (Wildman–Crippen LogP) is 2.69. The predicted molar refractivity (Wildman–Crippen MR) is 202 cm³/mol. The lowest BCUT2D eigenvalue weighted by Gasteiger charge is -2.27. The Morgan fingerprint density at radius 2 is 1.82 bits per heavy atom. The number of fused-ring (bicyclic) bond motifs is 4. The van der Waals surface area contributed by atoms with Gasteiger partial charge in [0.15, 0.2) is 12.4 Å². The first kappa shape index (κ1) is 38.2. The standard InChI is InChI=1S/C39H39N9O7S/c1-20-21(2)56-39-32(20)34(24-11-9-23(18-40)10-12-24)43-26(35-46-45-22(3)47(35)39)17-30(50)41-15-4-5-16-42-31(51)19-55-28-8-6-7-25-33(28)38(54)48(37(25)53)27-13-14-29(49)44-36(27)52/h6-12,26-27,30,41,50H,4-5,13-17,19H2,1-3H3,(H,42,51)(H,44,49,52)/t26-,27?,30?/m0/s1. The molecule has 17 heteroatoms. The molecule has 0 spiro atoms. The Kier molecular flexibility index (Phi) is 10.9. The number of benzene rings is 2. The fourth-order valence-corrected chi connectivity index (χ4v) is 8.30. The lowest BCUT2D eigenvalue weighted by atomic mass is 9.98. The number of amides is 5. The van der Waals surface area contributed by atoms with Gasteiger partial charge in [0.05, 0.1) is 28.5 Å². The van der Waals surface area contributed by atoms with E-state index in [2.05, 4.69) is 46.1 Å². The van der Waals surface area contributed by atoms with Crippen molar-refractivity contribution >= 4 is 46.6 Å². The number of nitrogens with zero attached hydrogens (tertiary/aromatic N) is 6. The molecule has 0 saturated carbocycles. The third-order valence-corrected chi connectivity index (χ3v) is 11.3. The van der Waals surface area contributed by atoms with Gasteiger partial charge in [0.25, 0.3) is 17.7 Å². The summed E-state index contributed by atoms with van der Waals surface area (Å²) in [7, 11) is 0. The summed E-state index contributed by atoms with van der Waals surface area (Å²) in [6, 6.07) is 12.3. The number of rotatable bonds is 13. The number of ether oxygens (including phenoxy) is 1. The van der Waals surface area contributed by atoms with Crippen molar-refractivity contribution in [1.29, 1.82) is 5.26 Å². The van der Waals surface area contributed by atoms with Crippen LogP contribution in [-0.4, -0.2) is 92.0 Å². The second-order valence-electron chi connectivity index (χ2n) is 13.8. The van der Waals surface area contributed by atoms with E-state index < -0.39 is 54.5 Å². The molecule has 0 radical (unpaired) electrons. The molecular formula is C39H39N9O7S. The molecule has 4 N–H and O–H groups in total. The minimum atomic E-state index is -1.11. The number of aryl methyl sites for hydroxylation is 2. The van der Waals surface area contributed by atoms with Crippen molar-refractivity contribution in [3.8, 4) is 16.8 Å². The fraction of sp³-hybridized carbons (Fsp3) is 0.359. The van der Waals surface area contributed by atoms with Crippen LogP contribution in [0.1, 0.15) is 97.6 Å². The maximum Gasteiger partial charge on any atom is 0.266 e. The summed E-state index contributed by atoms with van der Waals surface area (Å²) < 4.78 is 7.67. The molecule has 4 aromatic rings. The van der Waals surface area contributed by atoms with E-state index >= 15 is 0 Å². The van der Waals surface area contributed by atoms with Crippen LogP contribution in [0.2, 0.25) is 0 Å². The molecule has 5 heterocycles. The van der Waals surface area contributed by atoms with Crippen LogP contribution in [-0.2, 0) is 14.4 Å². The topological polar surface area (TPSA) is 221 Å². The molecule has 56 heavy (non-hydrogen) atoms. The SMILES string of the molecule is Cc1sc2c(c1C)C(c1ccc(C#N)cc1)=N[C@@H](CC(O)NCCCCNC(=O)COc1cccc3c1C(=O)N(C1CCC(=O)NC1=O)C3=O)c1nnc(C)n1-2. The quantitative estimate of drug-likeness (QED) is 0.0878. The average Bonchev–Trinajstić information content (AvgIpc) is 3.76. The lowest BCUT2D eigenvalue weighted by Crippen LogP contribution is -2.54. The molecule has 1 fully saturated rings. The van der Waals surface area contributed by atoms with E-state index in [9.17, 15) is 34.3 Å². The zero-order valence-electron chi connectivity index (χ0n) is 30.9. The van der Waals surface area contributed by atoms with Gasteiger partial charge in [0.2, 0.25) is 11.8 Å². The first-order valence-electron chi connectivity index (χ1n) is 18.2. The van der Waals surface area contributed by atoms with E-state index in [1.165, 1.54) is 18.2 Å². The second kappa shape index (κ2) is 15.9. The number of hydrogen-bond acceptors (Lipinski definition) is 13. The average molecular weight is 778 g/mol. The maximum absolute atomic E-state index is 13.3. The lowest BCUT2D eigenvalue weighted by molar-refractivity contribution is -0.136. The van der Waals surface area contributed by atoms with E-state index in [0.29, 0.717) is 43.1 Å². The normalized spacial score (nSPS) is 18.0. The van der Waals surface area contributed by atoms with Crippen molar-refractivity contribution in [2.75, 3.05) is 19.7 Å². The number of aliphatic hydroxyl groups is 1. The van der Waals surface area contributed by atoms with Crippen molar-refractivity contribution in [2.45, 2.75) is 71.2 Å². The van der Waals surface area contributed by atoms with Gasteiger partial charge in [0, 0.05) is 35.4 Å². The third-order valence-electron chi connectivity index (χ3n) is 10.1. The number of thiophene rings is 1. The Labute approximate surface area is 325 Å². The number of carbonyl (C=O) groups is 5. The van der Waals surface area contributed by atoms with Gasteiger partial charge >= 0.3 is 0 Å².